The molecule has 0 amide bonds. The number of nitrogens with zero attached hydrogens (tertiary/aromatic N) is 4. The van der Waals surface area contributed by atoms with Crippen molar-refractivity contribution < 1.29 is 0 Å². The summed E-state index contributed by atoms with van der Waals surface area (Å²) >= 11 is 3.77. The molecular weight excluding hydrogens is 721 g/mol. The molecule has 0 atom stereocenters. The highest BCUT2D eigenvalue weighted by Crippen LogP contribution is 2.45. The van der Waals surface area contributed by atoms with Crippen molar-refractivity contribution in [2.75, 3.05) is 4.90 Å². The summed E-state index contributed by atoms with van der Waals surface area (Å²) < 4.78 is 5.24. The Morgan fingerprint density at radius 3 is 1.36 bits per heavy atom. The number of rotatable bonds is 5. The summed E-state index contributed by atoms with van der Waals surface area (Å²) in [6.45, 7) is 0. The van der Waals surface area contributed by atoms with Gasteiger partial charge in [0.15, 0.2) is 0 Å². The second-order valence-corrected chi connectivity index (χ2v) is 16.4. The lowest BCUT2D eigenvalue weighted by Crippen LogP contribution is -2.09. The van der Waals surface area contributed by atoms with Crippen molar-refractivity contribution in [3.8, 4) is 16.8 Å². The van der Waals surface area contributed by atoms with Crippen molar-refractivity contribution in [3.05, 3.63) is 182 Å². The molecule has 56 heavy (non-hydrogen) atoms. The van der Waals surface area contributed by atoms with Crippen LogP contribution in [0.1, 0.15) is 0 Å². The van der Waals surface area contributed by atoms with Gasteiger partial charge < -0.3 is 4.90 Å². The predicted molar refractivity (Wildman–Crippen MR) is 240 cm³/mol. The largest absolute Gasteiger partial charge is 0.310 e. The molecular formula is C50H30N4S2. The fourth-order valence-electron chi connectivity index (χ4n) is 8.28. The number of aromatic nitrogens is 3. The average Bonchev–Trinajstić information content (AvgIpc) is 3.97. The van der Waals surface area contributed by atoms with E-state index in [1.54, 1.807) is 4.80 Å². The summed E-state index contributed by atoms with van der Waals surface area (Å²) in [5.74, 6) is 0. The molecule has 0 spiro atoms. The zero-order valence-electron chi connectivity index (χ0n) is 29.9. The molecule has 0 radical (unpaired) electrons. The number of anilines is 3. The van der Waals surface area contributed by atoms with E-state index >= 15 is 0 Å². The summed E-state index contributed by atoms with van der Waals surface area (Å²) in [6, 6.07) is 65.8. The minimum absolute atomic E-state index is 0.886. The van der Waals surface area contributed by atoms with Gasteiger partial charge in [-0.05, 0) is 93.3 Å². The van der Waals surface area contributed by atoms with Crippen LogP contribution in [0.3, 0.4) is 0 Å². The van der Waals surface area contributed by atoms with Crippen LogP contribution in [-0.2, 0) is 0 Å². The van der Waals surface area contributed by atoms with Crippen LogP contribution >= 0.6 is 22.7 Å². The van der Waals surface area contributed by atoms with Crippen LogP contribution in [0.25, 0.3) is 89.7 Å². The van der Waals surface area contributed by atoms with E-state index in [4.69, 9.17) is 0 Å². The van der Waals surface area contributed by atoms with Gasteiger partial charge in [-0.1, -0.05) is 121 Å². The molecule has 0 aliphatic rings. The zero-order chi connectivity index (χ0) is 36.7. The number of benzene rings is 9. The van der Waals surface area contributed by atoms with Gasteiger partial charge in [-0.15, -0.1) is 32.9 Å². The number of fused-ring (bicyclic) bond motifs is 11. The first-order valence-corrected chi connectivity index (χ1v) is 20.4. The van der Waals surface area contributed by atoms with Gasteiger partial charge in [-0.2, -0.15) is 4.80 Å². The molecule has 0 saturated heterocycles. The smallest absolute Gasteiger partial charge is 0.113 e. The molecule has 0 N–H and O–H groups in total. The highest BCUT2D eigenvalue weighted by atomic mass is 32.1. The Labute approximate surface area is 329 Å². The molecule has 0 unspecified atom stereocenters. The first kappa shape index (κ1) is 31.5. The Morgan fingerprint density at radius 1 is 0.375 bits per heavy atom. The van der Waals surface area contributed by atoms with Crippen molar-refractivity contribution in [2.24, 2.45) is 0 Å². The Morgan fingerprint density at radius 2 is 0.821 bits per heavy atom. The van der Waals surface area contributed by atoms with Crippen LogP contribution in [0.5, 0.6) is 0 Å². The third kappa shape index (κ3) is 4.97. The maximum absolute atomic E-state index is 4.66. The Hall–Kier alpha value is -6.86. The lowest BCUT2D eigenvalue weighted by molar-refractivity contribution is 0.766. The van der Waals surface area contributed by atoms with E-state index in [9.17, 15) is 0 Å². The first-order chi connectivity index (χ1) is 27.7. The van der Waals surface area contributed by atoms with Crippen LogP contribution in [0.4, 0.5) is 17.1 Å². The fraction of sp³-hybridized carbons (Fsp3) is 0. The average molecular weight is 751 g/mol. The van der Waals surface area contributed by atoms with Crippen molar-refractivity contribution in [1.82, 2.24) is 15.0 Å². The maximum Gasteiger partial charge on any atom is 0.113 e. The summed E-state index contributed by atoms with van der Waals surface area (Å²) in [5, 5.41) is 19.7. The van der Waals surface area contributed by atoms with Crippen molar-refractivity contribution >= 4 is 113 Å². The molecule has 262 valence electrons. The lowest BCUT2D eigenvalue weighted by atomic mass is 10.0. The van der Waals surface area contributed by atoms with Crippen molar-refractivity contribution in [2.45, 2.75) is 0 Å². The molecule has 0 fully saturated rings. The van der Waals surface area contributed by atoms with Gasteiger partial charge in [0.1, 0.15) is 11.0 Å². The normalized spacial score (nSPS) is 11.9. The molecule has 0 bridgehead atoms. The minimum atomic E-state index is 0.886. The van der Waals surface area contributed by atoms with E-state index in [0.717, 1.165) is 44.9 Å². The monoisotopic (exact) mass is 750 g/mol. The van der Waals surface area contributed by atoms with Gasteiger partial charge in [0.25, 0.3) is 0 Å². The second-order valence-electron chi connectivity index (χ2n) is 14.3. The number of thiophene rings is 2. The highest BCUT2D eigenvalue weighted by molar-refractivity contribution is 7.27. The Bertz CT molecular complexity index is 3300. The van der Waals surface area contributed by atoms with E-state index < -0.39 is 0 Å². The van der Waals surface area contributed by atoms with E-state index in [1.807, 2.05) is 46.9 Å². The molecule has 12 rings (SSSR count). The van der Waals surface area contributed by atoms with Crippen LogP contribution in [0, 0.1) is 0 Å². The molecule has 0 saturated carbocycles. The van der Waals surface area contributed by atoms with E-state index in [2.05, 4.69) is 173 Å². The third-order valence-corrected chi connectivity index (χ3v) is 13.5. The number of hydrogen-bond acceptors (Lipinski definition) is 5. The highest BCUT2D eigenvalue weighted by Gasteiger charge is 2.18. The van der Waals surface area contributed by atoms with Crippen LogP contribution in [0.2, 0.25) is 0 Å². The maximum atomic E-state index is 4.66. The van der Waals surface area contributed by atoms with Gasteiger partial charge in [0, 0.05) is 57.4 Å². The Kier molecular flexibility index (Phi) is 6.93. The molecule has 6 heteroatoms. The quantitative estimate of drug-likeness (QED) is 0.176. The summed E-state index contributed by atoms with van der Waals surface area (Å²) in [5.41, 5.74) is 8.37. The van der Waals surface area contributed by atoms with Crippen LogP contribution < -0.4 is 4.90 Å². The lowest BCUT2D eigenvalue weighted by Gasteiger charge is -2.26. The van der Waals surface area contributed by atoms with Gasteiger partial charge >= 0.3 is 0 Å². The van der Waals surface area contributed by atoms with Gasteiger partial charge in [0.2, 0.25) is 0 Å². The van der Waals surface area contributed by atoms with Gasteiger partial charge in [0.05, 0.1) is 5.69 Å². The number of hydrogen-bond donors (Lipinski definition) is 0. The van der Waals surface area contributed by atoms with Crippen molar-refractivity contribution in [1.29, 1.82) is 0 Å². The summed E-state index contributed by atoms with van der Waals surface area (Å²) in [4.78, 5) is 4.12. The SMILES string of the molecule is c1ccc2c(c1)ccc1c3ccc(N(c4ccc(-c5ccc(-n6nc7ccccc7n6)cc5)cc4)c4ccc5c(c4)sc4c6ccccc6ccc54)cc3sc21. The standard InChI is InChI=1S/C50H30N4S2/c1-3-9-39-33(7-1)17-25-43-41-27-23-37(29-47(41)55-49(39)43)53(38-24-28-42-44-26-18-34-8-2-4-10-40(34)50(44)56-48(42)30-38)35-19-13-31(14-20-35)32-15-21-36(22-16-32)54-51-45-11-5-6-12-46(45)52-54/h1-30H. The minimum Gasteiger partial charge on any atom is -0.310 e. The molecule has 0 aliphatic heterocycles. The molecule has 9 aromatic carbocycles. The predicted octanol–water partition coefficient (Wildman–Crippen LogP) is 14.6. The zero-order valence-corrected chi connectivity index (χ0v) is 31.6. The van der Waals surface area contributed by atoms with Crippen LogP contribution in [0.15, 0.2) is 182 Å². The third-order valence-electron chi connectivity index (χ3n) is 11.1. The molecule has 3 heterocycles. The summed E-state index contributed by atoms with van der Waals surface area (Å²) in [6.07, 6.45) is 0. The van der Waals surface area contributed by atoms with E-state index in [0.29, 0.717) is 0 Å². The molecule has 12 aromatic rings. The van der Waals surface area contributed by atoms with Gasteiger partial charge in [-0.3, -0.25) is 0 Å². The van der Waals surface area contributed by atoms with Crippen molar-refractivity contribution in [3.63, 3.8) is 0 Å². The first-order valence-electron chi connectivity index (χ1n) is 18.7. The van der Waals surface area contributed by atoms with Gasteiger partial charge in [-0.25, -0.2) is 0 Å². The topological polar surface area (TPSA) is 34.0 Å². The van der Waals surface area contributed by atoms with Crippen LogP contribution in [-0.4, -0.2) is 15.0 Å². The Balaban J connectivity index is 0.974. The molecule has 0 aliphatic carbocycles. The van der Waals surface area contributed by atoms with E-state index in [-0.39, 0.29) is 0 Å². The fourth-order valence-corrected chi connectivity index (χ4v) is 10.8. The molecule has 4 nitrogen and oxygen atoms in total. The van der Waals surface area contributed by atoms with E-state index in [1.165, 1.54) is 61.9 Å². The second kappa shape index (κ2) is 12.3. The molecule has 3 aromatic heterocycles. The summed E-state index contributed by atoms with van der Waals surface area (Å²) in [7, 11) is 0.